The Kier molecular flexibility index (Phi) is 8.47. The smallest absolute Gasteiger partial charge is 0.348 e. The standard InChI is InChI=1S/C25H31NO5S/c1-3-23(28)26(15-7-8-17(2)27)21-16-22(32-24(21)25(29)30)18-11-13-20(14-12-18)31-19-9-5-4-6-10-19/h4-6,9-11,16-17,20,27H,3,7-8,12-15H2,1-2H3,(H,29,30). The number of rotatable bonds is 10. The van der Waals surface area contributed by atoms with Gasteiger partial charge in [0.05, 0.1) is 11.8 Å². The van der Waals surface area contributed by atoms with E-state index in [-0.39, 0.29) is 16.9 Å². The maximum Gasteiger partial charge on any atom is 0.348 e. The van der Waals surface area contributed by atoms with Crippen molar-refractivity contribution in [2.24, 2.45) is 0 Å². The van der Waals surface area contributed by atoms with Crippen LogP contribution in [0.2, 0.25) is 0 Å². The fourth-order valence-electron chi connectivity index (χ4n) is 3.84. The lowest BCUT2D eigenvalue weighted by Gasteiger charge is -2.23. The van der Waals surface area contributed by atoms with Gasteiger partial charge in [0.25, 0.3) is 0 Å². The molecule has 1 amide bonds. The molecule has 1 aromatic heterocycles. The van der Waals surface area contributed by atoms with Crippen LogP contribution in [-0.4, -0.2) is 40.8 Å². The van der Waals surface area contributed by atoms with Gasteiger partial charge in [0, 0.05) is 24.3 Å². The van der Waals surface area contributed by atoms with Crippen molar-refractivity contribution in [1.82, 2.24) is 0 Å². The Morgan fingerprint density at radius 2 is 2.03 bits per heavy atom. The molecule has 2 aromatic rings. The van der Waals surface area contributed by atoms with Crippen LogP contribution >= 0.6 is 11.3 Å². The minimum Gasteiger partial charge on any atom is -0.490 e. The van der Waals surface area contributed by atoms with Gasteiger partial charge in [-0.15, -0.1) is 11.3 Å². The minimum atomic E-state index is -1.03. The van der Waals surface area contributed by atoms with Crippen LogP contribution in [0.1, 0.15) is 66.9 Å². The highest BCUT2D eigenvalue weighted by Gasteiger charge is 2.26. The van der Waals surface area contributed by atoms with Crippen LogP contribution in [0.4, 0.5) is 5.69 Å². The summed E-state index contributed by atoms with van der Waals surface area (Å²) < 4.78 is 6.05. The minimum absolute atomic E-state index is 0.0955. The van der Waals surface area contributed by atoms with Crippen molar-refractivity contribution in [3.63, 3.8) is 0 Å². The number of carbonyl (C=O) groups is 2. The van der Waals surface area contributed by atoms with Crippen LogP contribution in [0.25, 0.3) is 5.57 Å². The van der Waals surface area contributed by atoms with Crippen molar-refractivity contribution in [1.29, 1.82) is 0 Å². The van der Waals surface area contributed by atoms with Gasteiger partial charge in [-0.05, 0) is 56.4 Å². The summed E-state index contributed by atoms with van der Waals surface area (Å²) in [5.74, 6) is -0.286. The molecular formula is C25H31NO5S. The molecule has 32 heavy (non-hydrogen) atoms. The number of thiophene rings is 1. The number of nitrogens with zero attached hydrogens (tertiary/aromatic N) is 1. The number of hydrogen-bond acceptors (Lipinski definition) is 5. The maximum atomic E-state index is 12.6. The Morgan fingerprint density at radius 1 is 1.28 bits per heavy atom. The van der Waals surface area contributed by atoms with Gasteiger partial charge in [-0.1, -0.05) is 31.2 Å². The molecule has 1 heterocycles. The zero-order chi connectivity index (χ0) is 23.1. The highest BCUT2D eigenvalue weighted by Crippen LogP contribution is 2.39. The molecule has 2 atom stereocenters. The van der Waals surface area contributed by atoms with Gasteiger partial charge in [-0.3, -0.25) is 4.79 Å². The molecule has 172 valence electrons. The quantitative estimate of drug-likeness (QED) is 0.501. The monoisotopic (exact) mass is 457 g/mol. The van der Waals surface area contributed by atoms with Crippen molar-refractivity contribution in [2.75, 3.05) is 11.4 Å². The van der Waals surface area contributed by atoms with Crippen molar-refractivity contribution in [2.45, 2.75) is 64.6 Å². The number of para-hydroxylation sites is 1. The topological polar surface area (TPSA) is 87.1 Å². The molecule has 3 rings (SSSR count). The molecule has 1 aliphatic rings. The van der Waals surface area contributed by atoms with Gasteiger partial charge in [-0.25, -0.2) is 4.79 Å². The normalized spacial score (nSPS) is 16.8. The van der Waals surface area contributed by atoms with E-state index in [1.807, 2.05) is 36.4 Å². The first kappa shape index (κ1) is 24.0. The van der Waals surface area contributed by atoms with E-state index in [4.69, 9.17) is 4.74 Å². The number of carboxylic acid groups (broad SMARTS) is 1. The molecule has 0 saturated heterocycles. The Bertz CT molecular complexity index is 950. The molecule has 0 saturated carbocycles. The Balaban J connectivity index is 1.78. The third-order valence-corrected chi connectivity index (χ3v) is 6.72. The van der Waals surface area contributed by atoms with E-state index in [2.05, 4.69) is 6.08 Å². The lowest BCUT2D eigenvalue weighted by atomic mass is 9.96. The maximum absolute atomic E-state index is 12.6. The predicted octanol–water partition coefficient (Wildman–Crippen LogP) is 5.37. The number of carboxylic acids is 1. The van der Waals surface area contributed by atoms with E-state index in [0.717, 1.165) is 35.5 Å². The number of amides is 1. The molecular weight excluding hydrogens is 426 g/mol. The van der Waals surface area contributed by atoms with Crippen LogP contribution in [0.3, 0.4) is 0 Å². The Labute approximate surface area is 193 Å². The van der Waals surface area contributed by atoms with E-state index < -0.39 is 12.1 Å². The SMILES string of the molecule is CCC(=O)N(CCCC(C)O)c1cc(C2=CCC(Oc3ccccc3)CC2)sc1C(=O)O. The van der Waals surface area contributed by atoms with Gasteiger partial charge in [0.2, 0.25) is 5.91 Å². The molecule has 0 spiro atoms. The van der Waals surface area contributed by atoms with E-state index in [9.17, 15) is 19.8 Å². The molecule has 0 fully saturated rings. The van der Waals surface area contributed by atoms with Crippen LogP contribution < -0.4 is 9.64 Å². The lowest BCUT2D eigenvalue weighted by molar-refractivity contribution is -0.118. The molecule has 2 unspecified atom stereocenters. The average Bonchev–Trinajstić information content (AvgIpc) is 3.23. The van der Waals surface area contributed by atoms with Crippen LogP contribution in [0.5, 0.6) is 5.75 Å². The second-order valence-corrected chi connectivity index (χ2v) is 9.13. The highest BCUT2D eigenvalue weighted by atomic mass is 32.1. The number of allylic oxidation sites excluding steroid dienone is 1. The number of carbonyl (C=O) groups excluding carboxylic acids is 1. The van der Waals surface area contributed by atoms with Gasteiger partial charge >= 0.3 is 5.97 Å². The number of hydrogen-bond donors (Lipinski definition) is 2. The van der Waals surface area contributed by atoms with E-state index >= 15 is 0 Å². The molecule has 1 aromatic carbocycles. The first-order valence-corrected chi connectivity index (χ1v) is 12.0. The number of aliphatic hydroxyl groups is 1. The van der Waals surface area contributed by atoms with E-state index in [1.54, 1.807) is 18.7 Å². The van der Waals surface area contributed by atoms with Crippen molar-refractivity contribution < 1.29 is 24.5 Å². The summed E-state index contributed by atoms with van der Waals surface area (Å²) in [6, 6.07) is 11.6. The first-order chi connectivity index (χ1) is 15.4. The average molecular weight is 458 g/mol. The summed E-state index contributed by atoms with van der Waals surface area (Å²) in [7, 11) is 0. The predicted molar refractivity (Wildman–Crippen MR) is 128 cm³/mol. The summed E-state index contributed by atoms with van der Waals surface area (Å²) >= 11 is 1.22. The number of aliphatic hydroxyl groups excluding tert-OH is 1. The summed E-state index contributed by atoms with van der Waals surface area (Å²) in [4.78, 5) is 27.2. The molecule has 0 radical (unpaired) electrons. The molecule has 1 aliphatic carbocycles. The van der Waals surface area contributed by atoms with Crippen LogP contribution in [0.15, 0.2) is 42.5 Å². The fourth-order valence-corrected chi connectivity index (χ4v) is 4.91. The van der Waals surface area contributed by atoms with Gasteiger partial charge < -0.3 is 19.8 Å². The largest absolute Gasteiger partial charge is 0.490 e. The van der Waals surface area contributed by atoms with Crippen LogP contribution in [0, 0.1) is 0 Å². The summed E-state index contributed by atoms with van der Waals surface area (Å²) in [6.07, 6.45) is 5.62. The van der Waals surface area contributed by atoms with Crippen molar-refractivity contribution in [3.05, 3.63) is 52.2 Å². The van der Waals surface area contributed by atoms with Crippen molar-refractivity contribution >= 4 is 34.5 Å². The van der Waals surface area contributed by atoms with Crippen LogP contribution in [-0.2, 0) is 4.79 Å². The molecule has 7 heteroatoms. The van der Waals surface area contributed by atoms with Gasteiger partial charge in [0.1, 0.15) is 16.7 Å². The Morgan fingerprint density at radius 3 is 2.62 bits per heavy atom. The first-order valence-electron chi connectivity index (χ1n) is 11.2. The zero-order valence-electron chi connectivity index (χ0n) is 18.6. The number of anilines is 1. The summed E-state index contributed by atoms with van der Waals surface area (Å²) in [5.41, 5.74) is 1.56. The van der Waals surface area contributed by atoms with E-state index in [0.29, 0.717) is 31.5 Å². The molecule has 6 nitrogen and oxygen atoms in total. The highest BCUT2D eigenvalue weighted by molar-refractivity contribution is 7.15. The van der Waals surface area contributed by atoms with Gasteiger partial charge in [-0.2, -0.15) is 0 Å². The summed E-state index contributed by atoms with van der Waals surface area (Å²) in [5, 5.41) is 19.3. The third kappa shape index (κ3) is 6.20. The molecule has 0 bridgehead atoms. The van der Waals surface area contributed by atoms with E-state index in [1.165, 1.54) is 11.3 Å². The Hall–Kier alpha value is -2.64. The molecule has 0 aliphatic heterocycles. The zero-order valence-corrected chi connectivity index (χ0v) is 19.4. The fraction of sp³-hybridized carbons (Fsp3) is 0.440. The number of aromatic carboxylic acids is 1. The van der Waals surface area contributed by atoms with Gasteiger partial charge in [0.15, 0.2) is 0 Å². The second-order valence-electron chi connectivity index (χ2n) is 8.08. The lowest BCUT2D eigenvalue weighted by Crippen LogP contribution is -2.32. The second kappa shape index (κ2) is 11.3. The third-order valence-electron chi connectivity index (χ3n) is 5.53. The molecule has 2 N–H and O–H groups in total. The summed E-state index contributed by atoms with van der Waals surface area (Å²) in [6.45, 7) is 3.87. The number of benzene rings is 1. The number of ether oxygens (including phenoxy) is 1. The van der Waals surface area contributed by atoms with Crippen molar-refractivity contribution in [3.8, 4) is 5.75 Å².